The van der Waals surface area contributed by atoms with Crippen LogP contribution in [0.3, 0.4) is 0 Å². The van der Waals surface area contributed by atoms with Gasteiger partial charge in [-0.05, 0) is 44.5 Å². The van der Waals surface area contributed by atoms with Crippen molar-refractivity contribution in [3.8, 4) is 0 Å². The largest absolute Gasteiger partial charge is 0.326 e. The van der Waals surface area contributed by atoms with Crippen LogP contribution in [0.15, 0.2) is 24.3 Å². The lowest BCUT2D eigenvalue weighted by Gasteiger charge is -2.07. The molecular weight excluding hydrogens is 348 g/mol. The minimum atomic E-state index is -0.489. The number of benzene rings is 1. The zero-order valence-electron chi connectivity index (χ0n) is 15.8. The molecule has 1 heterocycles. The highest BCUT2D eigenvalue weighted by Crippen LogP contribution is 2.22. The fourth-order valence-electron chi connectivity index (χ4n) is 2.83. The molecule has 1 aromatic carbocycles. The van der Waals surface area contributed by atoms with Gasteiger partial charge in [0.1, 0.15) is 17.9 Å². The number of carbonyl (C=O) groups is 2. The number of aryl methyl sites for hydroxylation is 1. The van der Waals surface area contributed by atoms with Gasteiger partial charge >= 0.3 is 5.69 Å². The van der Waals surface area contributed by atoms with Crippen LogP contribution in [0.5, 0.6) is 0 Å². The quantitative estimate of drug-likeness (QED) is 0.312. The van der Waals surface area contributed by atoms with Crippen molar-refractivity contribution >= 4 is 23.1 Å². The Bertz CT molecular complexity index is 840. The maximum atomic E-state index is 12.4. The maximum absolute atomic E-state index is 12.4. The summed E-state index contributed by atoms with van der Waals surface area (Å²) < 4.78 is 1.35. The Balaban J connectivity index is 2.01. The molecule has 0 aliphatic carbocycles. The number of nitrogens with one attached hydrogen (secondary N) is 1. The van der Waals surface area contributed by atoms with Crippen LogP contribution >= 0.6 is 0 Å². The van der Waals surface area contributed by atoms with Gasteiger partial charge in [0.2, 0.25) is 5.91 Å². The van der Waals surface area contributed by atoms with E-state index in [1.54, 1.807) is 38.1 Å². The number of hydrogen-bond acceptors (Lipinski definition) is 5. The van der Waals surface area contributed by atoms with Crippen molar-refractivity contribution < 1.29 is 14.5 Å². The molecule has 0 atom stereocenters. The lowest BCUT2D eigenvalue weighted by Crippen LogP contribution is -2.14. The summed E-state index contributed by atoms with van der Waals surface area (Å²) in [6.07, 6.45) is 3.41. The van der Waals surface area contributed by atoms with Crippen LogP contribution in [0.25, 0.3) is 0 Å². The molecule has 8 heteroatoms. The normalized spacial score (nSPS) is 10.6. The van der Waals surface area contributed by atoms with E-state index in [9.17, 15) is 19.7 Å². The van der Waals surface area contributed by atoms with E-state index in [1.165, 1.54) is 4.68 Å². The van der Waals surface area contributed by atoms with Gasteiger partial charge in [0.15, 0.2) is 5.78 Å². The van der Waals surface area contributed by atoms with Gasteiger partial charge in [0.05, 0.1) is 4.92 Å². The fraction of sp³-hybridized carbons (Fsp3) is 0.421. The Morgan fingerprint density at radius 1 is 1.19 bits per heavy atom. The molecule has 0 unspecified atom stereocenters. The second kappa shape index (κ2) is 9.07. The Morgan fingerprint density at radius 3 is 2.41 bits per heavy atom. The number of hydrogen-bond donors (Lipinski definition) is 1. The number of aromatic nitrogens is 2. The van der Waals surface area contributed by atoms with E-state index in [-0.39, 0.29) is 29.6 Å². The first-order valence-corrected chi connectivity index (χ1v) is 8.95. The predicted molar refractivity (Wildman–Crippen MR) is 102 cm³/mol. The highest BCUT2D eigenvalue weighted by atomic mass is 16.6. The molecule has 0 bridgehead atoms. The second-order valence-corrected chi connectivity index (χ2v) is 6.44. The molecule has 0 aliphatic rings. The fourth-order valence-corrected chi connectivity index (χ4v) is 2.83. The van der Waals surface area contributed by atoms with Crippen molar-refractivity contribution in [3.63, 3.8) is 0 Å². The molecule has 2 aromatic rings. The van der Waals surface area contributed by atoms with Crippen LogP contribution in [-0.2, 0) is 11.3 Å². The van der Waals surface area contributed by atoms with Gasteiger partial charge in [-0.15, -0.1) is 0 Å². The first kappa shape index (κ1) is 20.3. The minimum absolute atomic E-state index is 0.0440. The molecule has 0 aliphatic heterocycles. The Hall–Kier alpha value is -3.03. The van der Waals surface area contributed by atoms with E-state index in [0.29, 0.717) is 23.4 Å². The number of unbranched alkanes of at least 4 members (excludes halogenated alkanes) is 2. The molecule has 1 aromatic heterocycles. The summed E-state index contributed by atoms with van der Waals surface area (Å²) in [5, 5.41) is 17.9. The zero-order chi connectivity index (χ0) is 20.0. The van der Waals surface area contributed by atoms with Gasteiger partial charge in [-0.1, -0.05) is 19.8 Å². The van der Waals surface area contributed by atoms with Crippen LogP contribution in [0.2, 0.25) is 0 Å². The van der Waals surface area contributed by atoms with Crippen LogP contribution in [0, 0.1) is 24.0 Å². The summed E-state index contributed by atoms with van der Waals surface area (Å²) in [5.74, 6) is -0.256. The second-order valence-electron chi connectivity index (χ2n) is 6.44. The number of ketones is 1. The van der Waals surface area contributed by atoms with Crippen molar-refractivity contribution in [2.24, 2.45) is 0 Å². The maximum Gasteiger partial charge on any atom is 0.312 e. The number of anilines is 1. The first-order valence-electron chi connectivity index (χ1n) is 8.95. The predicted octanol–water partition coefficient (Wildman–Crippen LogP) is 3.81. The standard InChI is InChI=1S/C19H24N4O4/c1-4-5-6-7-18(25)20-16-10-8-15(9-11-16)17(24)12-22-14(3)19(23(26)27)13(2)21-22/h8-11H,4-7,12H2,1-3H3,(H,20,25). The summed E-state index contributed by atoms with van der Waals surface area (Å²) in [6, 6.07) is 6.61. The number of amides is 1. The zero-order valence-corrected chi connectivity index (χ0v) is 15.8. The third kappa shape index (κ3) is 5.22. The summed E-state index contributed by atoms with van der Waals surface area (Å²) in [7, 11) is 0. The number of nitro groups is 1. The van der Waals surface area contributed by atoms with E-state index < -0.39 is 4.92 Å². The van der Waals surface area contributed by atoms with Crippen molar-refractivity contribution in [2.45, 2.75) is 53.0 Å². The van der Waals surface area contributed by atoms with E-state index in [4.69, 9.17) is 0 Å². The molecule has 1 N–H and O–H groups in total. The molecule has 0 spiro atoms. The van der Waals surface area contributed by atoms with Gasteiger partial charge in [0, 0.05) is 17.7 Å². The Labute approximate surface area is 157 Å². The van der Waals surface area contributed by atoms with Gasteiger partial charge in [0.25, 0.3) is 0 Å². The number of carbonyl (C=O) groups excluding carboxylic acids is 2. The summed E-state index contributed by atoms with van der Waals surface area (Å²) >= 11 is 0. The molecule has 8 nitrogen and oxygen atoms in total. The Morgan fingerprint density at radius 2 is 1.85 bits per heavy atom. The minimum Gasteiger partial charge on any atom is -0.326 e. The topological polar surface area (TPSA) is 107 Å². The lowest BCUT2D eigenvalue weighted by molar-refractivity contribution is -0.386. The monoisotopic (exact) mass is 372 g/mol. The highest BCUT2D eigenvalue weighted by Gasteiger charge is 2.23. The van der Waals surface area contributed by atoms with E-state index in [1.807, 2.05) is 0 Å². The van der Waals surface area contributed by atoms with E-state index in [2.05, 4.69) is 17.3 Å². The molecule has 144 valence electrons. The summed E-state index contributed by atoms with van der Waals surface area (Å²) in [5.41, 5.74) is 1.65. The van der Waals surface area contributed by atoms with Gasteiger partial charge in [-0.3, -0.25) is 24.4 Å². The molecule has 0 saturated carbocycles. The molecule has 27 heavy (non-hydrogen) atoms. The number of Topliss-reactive ketones (excluding diaryl/α,β-unsaturated/α-hetero) is 1. The van der Waals surface area contributed by atoms with Crippen molar-refractivity contribution in [1.29, 1.82) is 0 Å². The Kier molecular flexibility index (Phi) is 6.81. The molecular formula is C19H24N4O4. The molecule has 0 saturated heterocycles. The van der Waals surface area contributed by atoms with Gasteiger partial charge < -0.3 is 5.32 Å². The van der Waals surface area contributed by atoms with Gasteiger partial charge in [-0.2, -0.15) is 5.10 Å². The molecule has 1 amide bonds. The van der Waals surface area contributed by atoms with Crippen molar-refractivity contribution in [2.75, 3.05) is 5.32 Å². The molecule has 2 rings (SSSR count). The third-order valence-corrected chi connectivity index (χ3v) is 4.32. The van der Waals surface area contributed by atoms with E-state index >= 15 is 0 Å². The van der Waals surface area contributed by atoms with Crippen LogP contribution < -0.4 is 5.32 Å². The van der Waals surface area contributed by atoms with Gasteiger partial charge in [-0.25, -0.2) is 0 Å². The number of nitrogens with zero attached hydrogens (tertiary/aromatic N) is 3. The average Bonchev–Trinajstić information content (AvgIpc) is 2.89. The molecule has 0 radical (unpaired) electrons. The average molecular weight is 372 g/mol. The molecule has 0 fully saturated rings. The van der Waals surface area contributed by atoms with E-state index in [0.717, 1.165) is 19.3 Å². The smallest absolute Gasteiger partial charge is 0.312 e. The van der Waals surface area contributed by atoms with Crippen molar-refractivity contribution in [1.82, 2.24) is 9.78 Å². The van der Waals surface area contributed by atoms with Crippen LogP contribution in [0.1, 0.15) is 54.4 Å². The summed E-state index contributed by atoms with van der Waals surface area (Å²) in [6.45, 7) is 5.12. The number of rotatable bonds is 9. The lowest BCUT2D eigenvalue weighted by atomic mass is 10.1. The third-order valence-electron chi connectivity index (χ3n) is 4.32. The van der Waals surface area contributed by atoms with Crippen molar-refractivity contribution in [3.05, 3.63) is 51.3 Å². The highest BCUT2D eigenvalue weighted by molar-refractivity contribution is 5.97. The van der Waals surface area contributed by atoms with Crippen LogP contribution in [-0.4, -0.2) is 26.4 Å². The summed E-state index contributed by atoms with van der Waals surface area (Å²) in [4.78, 5) is 34.8. The van der Waals surface area contributed by atoms with Crippen LogP contribution in [0.4, 0.5) is 11.4 Å². The first-order chi connectivity index (χ1) is 12.8. The SMILES string of the molecule is CCCCCC(=O)Nc1ccc(C(=O)Cn2nc(C)c([N+](=O)[O-])c2C)cc1.